The largest absolute Gasteiger partial charge is 0.384 e. The number of anilines is 1. The second kappa shape index (κ2) is 4.53. The topological polar surface area (TPSA) is 69.6 Å². The minimum Gasteiger partial charge on any atom is -0.384 e. The molecule has 5 nitrogen and oxygen atoms in total. The Morgan fingerprint density at radius 2 is 2.05 bits per heavy atom. The highest BCUT2D eigenvalue weighted by atomic mass is 15.3. The first-order valence-electron chi connectivity index (χ1n) is 5.93. The average molecular weight is 251 g/mol. The molecule has 1 aromatic carbocycles. The van der Waals surface area contributed by atoms with Gasteiger partial charge < -0.3 is 5.73 Å². The Kier molecular flexibility index (Phi) is 2.72. The van der Waals surface area contributed by atoms with E-state index in [1.807, 2.05) is 31.2 Å². The van der Waals surface area contributed by atoms with Crippen molar-refractivity contribution in [2.45, 2.75) is 6.92 Å². The van der Waals surface area contributed by atoms with Crippen LogP contribution in [-0.4, -0.2) is 19.7 Å². The number of hydrogen-bond donors (Lipinski definition) is 1. The van der Waals surface area contributed by atoms with E-state index in [1.54, 1.807) is 23.3 Å². The van der Waals surface area contributed by atoms with Crippen molar-refractivity contribution in [3.63, 3.8) is 0 Å². The third kappa shape index (κ3) is 2.18. The van der Waals surface area contributed by atoms with E-state index in [0.717, 1.165) is 11.3 Å². The number of nitrogen functional groups attached to an aromatic ring is 1. The highest BCUT2D eigenvalue weighted by Crippen LogP contribution is 2.22. The summed E-state index contributed by atoms with van der Waals surface area (Å²) in [4.78, 5) is 8.21. The Balaban J connectivity index is 2.07. The highest BCUT2D eigenvalue weighted by molar-refractivity contribution is 5.63. The predicted molar refractivity (Wildman–Crippen MR) is 73.7 cm³/mol. The molecule has 2 N–H and O–H groups in total. The van der Waals surface area contributed by atoms with Gasteiger partial charge in [-0.2, -0.15) is 9.78 Å². The van der Waals surface area contributed by atoms with Crippen molar-refractivity contribution in [1.29, 1.82) is 0 Å². The van der Waals surface area contributed by atoms with Gasteiger partial charge in [-0.1, -0.05) is 23.8 Å². The fourth-order valence-corrected chi connectivity index (χ4v) is 1.93. The van der Waals surface area contributed by atoms with Gasteiger partial charge in [-0.25, -0.2) is 4.98 Å². The van der Waals surface area contributed by atoms with E-state index in [-0.39, 0.29) is 0 Å². The van der Waals surface area contributed by atoms with Gasteiger partial charge in [-0.3, -0.25) is 4.98 Å². The molecule has 0 bridgehead atoms. The van der Waals surface area contributed by atoms with Gasteiger partial charge >= 0.3 is 0 Å². The molecule has 19 heavy (non-hydrogen) atoms. The summed E-state index contributed by atoms with van der Waals surface area (Å²) < 4.78 is 1.59. The first-order valence-corrected chi connectivity index (χ1v) is 5.93. The van der Waals surface area contributed by atoms with E-state index < -0.39 is 0 Å². The van der Waals surface area contributed by atoms with Crippen LogP contribution >= 0.6 is 0 Å². The van der Waals surface area contributed by atoms with Gasteiger partial charge in [0, 0.05) is 24.0 Å². The molecule has 0 radical (unpaired) electrons. The Labute approximate surface area is 110 Å². The van der Waals surface area contributed by atoms with Crippen LogP contribution in [-0.2, 0) is 0 Å². The number of nitrogens with two attached hydrogens (primary N) is 1. The van der Waals surface area contributed by atoms with Crippen LogP contribution in [0.15, 0.2) is 48.9 Å². The number of hydrogen-bond acceptors (Lipinski definition) is 4. The van der Waals surface area contributed by atoms with Gasteiger partial charge in [0.1, 0.15) is 5.82 Å². The van der Waals surface area contributed by atoms with Gasteiger partial charge in [0.05, 0.1) is 11.9 Å². The van der Waals surface area contributed by atoms with E-state index >= 15 is 0 Å². The maximum Gasteiger partial charge on any atom is 0.174 e. The zero-order chi connectivity index (χ0) is 13.2. The van der Waals surface area contributed by atoms with Crippen LogP contribution in [0.4, 0.5) is 5.82 Å². The summed E-state index contributed by atoms with van der Waals surface area (Å²) >= 11 is 0. The summed E-state index contributed by atoms with van der Waals surface area (Å²) in [5.41, 5.74) is 9.03. The van der Waals surface area contributed by atoms with Crippen molar-refractivity contribution >= 4 is 5.82 Å². The van der Waals surface area contributed by atoms with Crippen molar-refractivity contribution in [2.24, 2.45) is 0 Å². The van der Waals surface area contributed by atoms with Crippen LogP contribution in [0, 0.1) is 6.92 Å². The fourth-order valence-electron chi connectivity index (χ4n) is 1.93. The lowest BCUT2D eigenvalue weighted by atomic mass is 10.1. The highest BCUT2D eigenvalue weighted by Gasteiger charge is 2.09. The van der Waals surface area contributed by atoms with Gasteiger partial charge in [0.2, 0.25) is 0 Å². The molecule has 0 aliphatic heterocycles. The summed E-state index contributed by atoms with van der Waals surface area (Å²) in [6.07, 6.45) is 4.86. The summed E-state index contributed by atoms with van der Waals surface area (Å²) in [6.45, 7) is 2.05. The molecule has 0 aliphatic carbocycles. The molecular formula is C14H13N5. The van der Waals surface area contributed by atoms with Crippen LogP contribution in [0.25, 0.3) is 17.1 Å². The molecule has 94 valence electrons. The summed E-state index contributed by atoms with van der Waals surface area (Å²) in [7, 11) is 0. The van der Waals surface area contributed by atoms with Gasteiger partial charge in [0.15, 0.2) is 5.82 Å². The lowest BCUT2D eigenvalue weighted by Crippen LogP contribution is -2.03. The first-order chi connectivity index (χ1) is 9.24. The van der Waals surface area contributed by atoms with Crippen LogP contribution in [0.5, 0.6) is 0 Å². The number of aromatic nitrogens is 4. The SMILES string of the molecule is Cc1cccc(-c2cc(N)n(-c3cnccn3)n2)c1. The monoisotopic (exact) mass is 251 g/mol. The minimum atomic E-state index is 0.539. The molecule has 2 heterocycles. The lowest BCUT2D eigenvalue weighted by molar-refractivity contribution is 0.851. The van der Waals surface area contributed by atoms with Gasteiger partial charge in [-0.15, -0.1) is 0 Å². The summed E-state index contributed by atoms with van der Waals surface area (Å²) in [5, 5.41) is 4.48. The maximum atomic E-state index is 5.98. The Morgan fingerprint density at radius 3 is 2.79 bits per heavy atom. The van der Waals surface area contributed by atoms with Crippen molar-refractivity contribution in [2.75, 3.05) is 5.73 Å². The molecule has 0 atom stereocenters. The Hall–Kier alpha value is -2.69. The molecule has 3 aromatic rings. The minimum absolute atomic E-state index is 0.539. The zero-order valence-electron chi connectivity index (χ0n) is 10.5. The van der Waals surface area contributed by atoms with Crippen LogP contribution in [0.1, 0.15) is 5.56 Å². The standard InChI is InChI=1S/C14H13N5/c1-10-3-2-4-11(7-10)12-8-13(15)19(18-12)14-9-16-5-6-17-14/h2-9H,15H2,1H3. The molecule has 0 amide bonds. The zero-order valence-corrected chi connectivity index (χ0v) is 10.5. The van der Waals surface area contributed by atoms with E-state index in [4.69, 9.17) is 5.73 Å². The molecule has 5 heteroatoms. The van der Waals surface area contributed by atoms with Gasteiger partial charge in [-0.05, 0) is 13.0 Å². The number of nitrogens with zero attached hydrogens (tertiary/aromatic N) is 4. The Bertz CT molecular complexity index is 703. The van der Waals surface area contributed by atoms with Crippen molar-refractivity contribution < 1.29 is 0 Å². The summed E-state index contributed by atoms with van der Waals surface area (Å²) in [5.74, 6) is 1.15. The quantitative estimate of drug-likeness (QED) is 0.758. The third-order valence-corrected chi connectivity index (χ3v) is 2.82. The molecule has 0 aliphatic rings. The number of benzene rings is 1. The van der Waals surface area contributed by atoms with E-state index in [9.17, 15) is 0 Å². The maximum absolute atomic E-state index is 5.98. The van der Waals surface area contributed by atoms with Crippen molar-refractivity contribution in [1.82, 2.24) is 19.7 Å². The molecule has 0 saturated carbocycles. The van der Waals surface area contributed by atoms with E-state index in [0.29, 0.717) is 11.6 Å². The molecular weight excluding hydrogens is 238 g/mol. The summed E-state index contributed by atoms with van der Waals surface area (Å²) in [6, 6.07) is 9.97. The third-order valence-electron chi connectivity index (χ3n) is 2.82. The van der Waals surface area contributed by atoms with Crippen LogP contribution in [0.3, 0.4) is 0 Å². The lowest BCUT2D eigenvalue weighted by Gasteiger charge is -2.01. The van der Waals surface area contributed by atoms with Crippen molar-refractivity contribution in [3.8, 4) is 17.1 Å². The van der Waals surface area contributed by atoms with Crippen LogP contribution in [0.2, 0.25) is 0 Å². The van der Waals surface area contributed by atoms with E-state index in [2.05, 4.69) is 21.1 Å². The van der Waals surface area contributed by atoms with E-state index in [1.165, 1.54) is 5.56 Å². The molecule has 3 rings (SSSR count). The number of rotatable bonds is 2. The molecule has 0 unspecified atom stereocenters. The predicted octanol–water partition coefficient (Wildman–Crippen LogP) is 2.22. The normalized spacial score (nSPS) is 10.6. The first kappa shape index (κ1) is 11.4. The second-order valence-corrected chi connectivity index (χ2v) is 4.30. The van der Waals surface area contributed by atoms with Crippen LogP contribution < -0.4 is 5.73 Å². The van der Waals surface area contributed by atoms with Gasteiger partial charge in [0.25, 0.3) is 0 Å². The molecule has 0 spiro atoms. The number of aryl methyl sites for hydroxylation is 1. The second-order valence-electron chi connectivity index (χ2n) is 4.30. The average Bonchev–Trinajstić information content (AvgIpc) is 2.82. The Morgan fingerprint density at radius 1 is 1.16 bits per heavy atom. The van der Waals surface area contributed by atoms with Crippen molar-refractivity contribution in [3.05, 3.63) is 54.5 Å². The fraction of sp³-hybridized carbons (Fsp3) is 0.0714. The molecule has 0 fully saturated rings. The molecule has 0 saturated heterocycles. The molecule has 2 aromatic heterocycles. The smallest absolute Gasteiger partial charge is 0.174 e.